The molecule has 0 aliphatic heterocycles. The predicted octanol–water partition coefficient (Wildman–Crippen LogP) is 2.83. The van der Waals surface area contributed by atoms with Crippen molar-refractivity contribution in [1.29, 1.82) is 0 Å². The molecule has 0 aliphatic rings. The number of carbonyl (C=O) groups is 2. The number of hydrogen-bond acceptors (Lipinski definition) is 4. The van der Waals surface area contributed by atoms with Crippen LogP contribution in [0.4, 0.5) is 5.69 Å². The number of rotatable bonds is 5. The number of aliphatic hydroxyl groups excluding tert-OH is 1. The van der Waals surface area contributed by atoms with Crippen LogP contribution in [0.2, 0.25) is 0 Å². The van der Waals surface area contributed by atoms with Crippen molar-refractivity contribution in [2.45, 2.75) is 26.2 Å². The summed E-state index contributed by atoms with van der Waals surface area (Å²) in [4.78, 5) is 24.6. The molecular formula is C21H25N3O3S. The van der Waals surface area contributed by atoms with Crippen LogP contribution in [-0.2, 0) is 5.41 Å². The zero-order chi connectivity index (χ0) is 20.7. The summed E-state index contributed by atoms with van der Waals surface area (Å²) < 4.78 is 0. The first kappa shape index (κ1) is 21.5. The van der Waals surface area contributed by atoms with Gasteiger partial charge in [-0.1, -0.05) is 45.0 Å². The molecule has 0 atom stereocenters. The van der Waals surface area contributed by atoms with Crippen molar-refractivity contribution in [3.05, 3.63) is 65.2 Å². The largest absolute Gasteiger partial charge is 0.395 e. The van der Waals surface area contributed by atoms with Crippen LogP contribution in [0.15, 0.2) is 48.5 Å². The van der Waals surface area contributed by atoms with Gasteiger partial charge in [0.1, 0.15) is 0 Å². The lowest BCUT2D eigenvalue weighted by Crippen LogP contribution is -2.35. The number of aliphatic hydroxyl groups is 1. The van der Waals surface area contributed by atoms with E-state index in [1.807, 2.05) is 12.1 Å². The molecule has 0 heterocycles. The van der Waals surface area contributed by atoms with Gasteiger partial charge in [-0.25, -0.2) is 0 Å². The number of hydrogen-bond donors (Lipinski definition) is 4. The van der Waals surface area contributed by atoms with Crippen LogP contribution in [0.1, 0.15) is 47.1 Å². The van der Waals surface area contributed by atoms with Gasteiger partial charge >= 0.3 is 0 Å². The van der Waals surface area contributed by atoms with Crippen molar-refractivity contribution < 1.29 is 14.7 Å². The topological polar surface area (TPSA) is 90.5 Å². The van der Waals surface area contributed by atoms with E-state index >= 15 is 0 Å². The molecule has 2 amide bonds. The highest BCUT2D eigenvalue weighted by Crippen LogP contribution is 2.22. The van der Waals surface area contributed by atoms with Gasteiger partial charge in [0.2, 0.25) is 0 Å². The van der Waals surface area contributed by atoms with Crippen molar-refractivity contribution in [3.63, 3.8) is 0 Å². The Morgan fingerprint density at radius 3 is 2.25 bits per heavy atom. The lowest BCUT2D eigenvalue weighted by atomic mass is 9.87. The van der Waals surface area contributed by atoms with E-state index in [0.29, 0.717) is 16.8 Å². The van der Waals surface area contributed by atoms with Gasteiger partial charge in [0.25, 0.3) is 11.8 Å². The average molecular weight is 400 g/mol. The van der Waals surface area contributed by atoms with E-state index in [2.05, 4.69) is 36.7 Å². The Bertz CT molecular complexity index is 858. The second kappa shape index (κ2) is 9.43. The Morgan fingerprint density at radius 2 is 1.64 bits per heavy atom. The SMILES string of the molecule is CC(C)(C)c1ccc(C(=O)NC(=S)Nc2ccccc2C(=O)NCCO)cc1. The molecule has 0 bridgehead atoms. The van der Waals surface area contributed by atoms with E-state index in [0.717, 1.165) is 5.56 Å². The fourth-order valence-electron chi connectivity index (χ4n) is 2.51. The smallest absolute Gasteiger partial charge is 0.257 e. The van der Waals surface area contributed by atoms with Gasteiger partial charge in [-0.2, -0.15) is 0 Å². The summed E-state index contributed by atoms with van der Waals surface area (Å²) in [6.45, 7) is 6.32. The minimum Gasteiger partial charge on any atom is -0.395 e. The van der Waals surface area contributed by atoms with Crippen LogP contribution in [0.3, 0.4) is 0 Å². The molecule has 2 aromatic rings. The van der Waals surface area contributed by atoms with Crippen LogP contribution in [0, 0.1) is 0 Å². The Morgan fingerprint density at radius 1 is 1.00 bits per heavy atom. The van der Waals surface area contributed by atoms with Crippen molar-refractivity contribution in [2.24, 2.45) is 0 Å². The Hall–Kier alpha value is -2.77. The predicted molar refractivity (Wildman–Crippen MR) is 115 cm³/mol. The molecule has 0 aliphatic carbocycles. The maximum absolute atomic E-state index is 12.4. The molecule has 2 aromatic carbocycles. The van der Waals surface area contributed by atoms with E-state index in [1.165, 1.54) is 0 Å². The zero-order valence-electron chi connectivity index (χ0n) is 16.2. The molecule has 0 aromatic heterocycles. The lowest BCUT2D eigenvalue weighted by molar-refractivity contribution is 0.0944. The monoisotopic (exact) mass is 399 g/mol. The molecule has 2 rings (SSSR count). The first-order valence-electron chi connectivity index (χ1n) is 8.93. The summed E-state index contributed by atoms with van der Waals surface area (Å²) in [7, 11) is 0. The molecule has 0 spiro atoms. The molecule has 148 valence electrons. The minimum atomic E-state index is -0.343. The van der Waals surface area contributed by atoms with E-state index < -0.39 is 0 Å². The molecule has 4 N–H and O–H groups in total. The molecule has 0 fully saturated rings. The third-order valence-corrected chi connectivity index (χ3v) is 4.26. The van der Waals surface area contributed by atoms with Crippen LogP contribution in [0.5, 0.6) is 0 Å². The number of anilines is 1. The summed E-state index contributed by atoms with van der Waals surface area (Å²) in [5.41, 5.74) is 2.46. The summed E-state index contributed by atoms with van der Waals surface area (Å²) in [6, 6.07) is 14.1. The average Bonchev–Trinajstić information content (AvgIpc) is 2.65. The highest BCUT2D eigenvalue weighted by Gasteiger charge is 2.16. The first-order valence-corrected chi connectivity index (χ1v) is 9.34. The van der Waals surface area contributed by atoms with E-state index in [4.69, 9.17) is 17.3 Å². The van der Waals surface area contributed by atoms with E-state index in [1.54, 1.807) is 36.4 Å². The van der Waals surface area contributed by atoms with Crippen molar-refractivity contribution >= 4 is 34.8 Å². The highest BCUT2D eigenvalue weighted by molar-refractivity contribution is 7.80. The Kier molecular flexibility index (Phi) is 7.25. The second-order valence-corrected chi connectivity index (χ2v) is 7.67. The standard InChI is InChI=1S/C21H25N3O3S/c1-21(2,3)15-10-8-14(9-11-15)18(26)24-20(28)23-17-7-5-4-6-16(17)19(27)22-12-13-25/h4-11,25H,12-13H2,1-3H3,(H,22,27)(H2,23,24,26,28). The number of thiocarbonyl (C=S) groups is 1. The van der Waals surface area contributed by atoms with Crippen molar-refractivity contribution in [1.82, 2.24) is 10.6 Å². The van der Waals surface area contributed by atoms with Gasteiger partial charge in [-0.05, 0) is 47.5 Å². The fourth-order valence-corrected chi connectivity index (χ4v) is 2.71. The van der Waals surface area contributed by atoms with Gasteiger partial charge in [-0.3, -0.25) is 14.9 Å². The summed E-state index contributed by atoms with van der Waals surface area (Å²) in [6.07, 6.45) is 0. The Balaban J connectivity index is 2.04. The molecule has 0 unspecified atom stereocenters. The third-order valence-electron chi connectivity index (χ3n) is 4.06. The second-order valence-electron chi connectivity index (χ2n) is 7.26. The molecule has 28 heavy (non-hydrogen) atoms. The number of nitrogens with one attached hydrogen (secondary N) is 3. The summed E-state index contributed by atoms with van der Waals surface area (Å²) in [5, 5.41) is 17.0. The van der Waals surface area contributed by atoms with Crippen LogP contribution >= 0.6 is 12.2 Å². The number of para-hydroxylation sites is 1. The number of carbonyl (C=O) groups excluding carboxylic acids is 2. The first-order chi connectivity index (χ1) is 13.2. The van der Waals surface area contributed by atoms with Gasteiger partial charge in [0, 0.05) is 12.1 Å². The maximum Gasteiger partial charge on any atom is 0.257 e. The van der Waals surface area contributed by atoms with Gasteiger partial charge < -0.3 is 15.7 Å². The maximum atomic E-state index is 12.4. The van der Waals surface area contributed by atoms with E-state index in [-0.39, 0.29) is 35.5 Å². The Labute approximate surface area is 170 Å². The van der Waals surface area contributed by atoms with Crippen LogP contribution in [0.25, 0.3) is 0 Å². The van der Waals surface area contributed by atoms with E-state index in [9.17, 15) is 9.59 Å². The summed E-state index contributed by atoms with van der Waals surface area (Å²) >= 11 is 5.22. The number of benzene rings is 2. The number of amides is 2. The fraction of sp³-hybridized carbons (Fsp3) is 0.286. The quantitative estimate of drug-likeness (QED) is 0.581. The van der Waals surface area contributed by atoms with Gasteiger partial charge in [0.15, 0.2) is 5.11 Å². The van der Waals surface area contributed by atoms with Crippen LogP contribution < -0.4 is 16.0 Å². The molecule has 0 saturated heterocycles. The summed E-state index contributed by atoms with van der Waals surface area (Å²) in [5.74, 6) is -0.677. The molecule has 7 heteroatoms. The van der Waals surface area contributed by atoms with Crippen molar-refractivity contribution in [2.75, 3.05) is 18.5 Å². The highest BCUT2D eigenvalue weighted by atomic mass is 32.1. The normalized spacial score (nSPS) is 10.9. The molecule has 6 nitrogen and oxygen atoms in total. The molecular weight excluding hydrogens is 374 g/mol. The molecule has 0 radical (unpaired) electrons. The van der Waals surface area contributed by atoms with Crippen LogP contribution in [-0.4, -0.2) is 35.2 Å². The molecule has 0 saturated carbocycles. The zero-order valence-corrected chi connectivity index (χ0v) is 17.0. The van der Waals surface area contributed by atoms with Crippen molar-refractivity contribution in [3.8, 4) is 0 Å². The third kappa shape index (κ3) is 5.87. The minimum absolute atomic E-state index is 0.00612. The lowest BCUT2D eigenvalue weighted by Gasteiger charge is -2.19. The van der Waals surface area contributed by atoms with Gasteiger partial charge in [-0.15, -0.1) is 0 Å². The van der Waals surface area contributed by atoms with Gasteiger partial charge in [0.05, 0.1) is 17.9 Å².